The highest BCUT2D eigenvalue weighted by atomic mass is 32.1. The predicted octanol–water partition coefficient (Wildman–Crippen LogP) is 4.62. The molecule has 0 aliphatic carbocycles. The normalized spacial score (nSPS) is 14.8. The number of hydrogen-bond donors (Lipinski definition) is 0. The van der Waals surface area contributed by atoms with Crippen LogP contribution in [0.3, 0.4) is 0 Å². The van der Waals surface area contributed by atoms with E-state index in [0.717, 1.165) is 28.4 Å². The van der Waals surface area contributed by atoms with Crippen LogP contribution in [0.15, 0.2) is 58.4 Å². The number of halogens is 1. The number of nitrogens with zero attached hydrogens (tertiary/aromatic N) is 4. The molecule has 4 aromatic rings. The minimum Gasteiger partial charge on any atom is -0.338 e. The van der Waals surface area contributed by atoms with Crippen LogP contribution in [0.1, 0.15) is 15.6 Å². The molecule has 0 bridgehead atoms. The Morgan fingerprint density at radius 2 is 1.84 bits per heavy atom. The molecule has 0 N–H and O–H groups in total. The first-order valence-corrected chi connectivity index (χ1v) is 11.6. The maximum absolute atomic E-state index is 13.1. The van der Waals surface area contributed by atoms with E-state index in [1.165, 1.54) is 23.5 Å². The van der Waals surface area contributed by atoms with Gasteiger partial charge in [0.2, 0.25) is 11.7 Å². The first kappa shape index (κ1) is 20.0. The Kier molecular flexibility index (Phi) is 5.63. The van der Waals surface area contributed by atoms with Crippen LogP contribution < -0.4 is 0 Å². The van der Waals surface area contributed by atoms with Crippen molar-refractivity contribution in [3.63, 3.8) is 0 Å². The van der Waals surface area contributed by atoms with E-state index in [1.807, 2.05) is 34.5 Å². The van der Waals surface area contributed by atoms with Crippen molar-refractivity contribution < 1.29 is 13.7 Å². The molecular weight excluding hydrogens is 435 g/mol. The molecule has 0 atom stereocenters. The fourth-order valence-electron chi connectivity index (χ4n) is 3.50. The fraction of sp³-hybridized carbons (Fsp3) is 0.227. The number of benzene rings is 1. The zero-order valence-corrected chi connectivity index (χ0v) is 18.2. The molecule has 31 heavy (non-hydrogen) atoms. The van der Waals surface area contributed by atoms with Gasteiger partial charge in [0.15, 0.2) is 0 Å². The zero-order valence-electron chi connectivity index (χ0n) is 16.5. The number of carbonyl (C=O) groups is 1. The molecule has 1 aliphatic heterocycles. The molecular formula is C22H19FN4O2S2. The Balaban J connectivity index is 1.17. The number of amides is 1. The summed E-state index contributed by atoms with van der Waals surface area (Å²) in [6.07, 6.45) is 0. The van der Waals surface area contributed by atoms with Crippen molar-refractivity contribution in [2.75, 3.05) is 26.2 Å². The zero-order chi connectivity index (χ0) is 21.2. The first-order chi connectivity index (χ1) is 15.2. The molecule has 0 radical (unpaired) electrons. The fourth-order valence-corrected chi connectivity index (χ4v) is 5.13. The summed E-state index contributed by atoms with van der Waals surface area (Å²) in [7, 11) is 0. The average molecular weight is 455 g/mol. The third-order valence-electron chi connectivity index (χ3n) is 5.17. The van der Waals surface area contributed by atoms with Crippen molar-refractivity contribution in [1.29, 1.82) is 0 Å². The van der Waals surface area contributed by atoms with Crippen LogP contribution in [0.25, 0.3) is 21.1 Å². The van der Waals surface area contributed by atoms with E-state index in [-0.39, 0.29) is 11.7 Å². The summed E-state index contributed by atoms with van der Waals surface area (Å²) < 4.78 is 18.5. The molecule has 0 spiro atoms. The van der Waals surface area contributed by atoms with Crippen LogP contribution in [0.4, 0.5) is 4.39 Å². The van der Waals surface area contributed by atoms with E-state index in [2.05, 4.69) is 15.0 Å². The van der Waals surface area contributed by atoms with Gasteiger partial charge in [0, 0.05) is 31.1 Å². The lowest BCUT2D eigenvalue weighted by Crippen LogP contribution is -2.48. The maximum Gasteiger partial charge on any atom is 0.264 e. The highest BCUT2D eigenvalue weighted by Crippen LogP contribution is 2.29. The van der Waals surface area contributed by atoms with Gasteiger partial charge in [0.25, 0.3) is 5.91 Å². The lowest BCUT2D eigenvalue weighted by atomic mass is 10.2. The summed E-state index contributed by atoms with van der Waals surface area (Å²) in [5.74, 6) is 0.979. The van der Waals surface area contributed by atoms with E-state index in [4.69, 9.17) is 4.52 Å². The van der Waals surface area contributed by atoms with Crippen LogP contribution in [0.5, 0.6) is 0 Å². The number of hydrogen-bond acceptors (Lipinski definition) is 7. The third kappa shape index (κ3) is 4.43. The lowest BCUT2D eigenvalue weighted by Gasteiger charge is -2.33. The second-order valence-electron chi connectivity index (χ2n) is 7.23. The number of thiophene rings is 2. The van der Waals surface area contributed by atoms with E-state index < -0.39 is 0 Å². The minimum atomic E-state index is -0.266. The molecule has 0 saturated carbocycles. The summed E-state index contributed by atoms with van der Waals surface area (Å²) in [5, 5.41) is 6.04. The van der Waals surface area contributed by atoms with Gasteiger partial charge in [0.1, 0.15) is 5.82 Å². The van der Waals surface area contributed by atoms with Crippen molar-refractivity contribution in [2.45, 2.75) is 6.54 Å². The van der Waals surface area contributed by atoms with Crippen molar-refractivity contribution in [3.05, 3.63) is 70.5 Å². The molecule has 1 saturated heterocycles. The van der Waals surface area contributed by atoms with Crippen molar-refractivity contribution in [1.82, 2.24) is 19.9 Å². The first-order valence-electron chi connectivity index (χ1n) is 9.89. The molecule has 1 fully saturated rings. The van der Waals surface area contributed by atoms with Crippen LogP contribution in [-0.2, 0) is 6.54 Å². The number of piperazine rings is 1. The SMILES string of the molecule is O=C(c1ccc(-c2ccc(F)cc2)s1)N1CCN(Cc2nc(-c3cccs3)no2)CC1. The standard InChI is InChI=1S/C22H19FN4O2S2/c23-16-5-3-15(4-6-16)17-7-8-19(31-17)22(28)27-11-9-26(10-12-27)14-20-24-21(25-29-20)18-2-1-13-30-18/h1-8,13H,9-12,14H2. The van der Waals surface area contributed by atoms with Crippen molar-refractivity contribution in [3.8, 4) is 21.1 Å². The van der Waals surface area contributed by atoms with E-state index in [9.17, 15) is 9.18 Å². The third-order valence-corrected chi connectivity index (χ3v) is 7.16. The molecule has 5 rings (SSSR count). The Hall–Kier alpha value is -2.88. The maximum atomic E-state index is 13.1. The Bertz CT molecular complexity index is 1160. The highest BCUT2D eigenvalue weighted by Gasteiger charge is 2.24. The van der Waals surface area contributed by atoms with Gasteiger partial charge in [-0.15, -0.1) is 22.7 Å². The topological polar surface area (TPSA) is 62.5 Å². The molecule has 1 amide bonds. The molecule has 4 heterocycles. The summed E-state index contributed by atoms with van der Waals surface area (Å²) in [5.41, 5.74) is 0.914. The highest BCUT2D eigenvalue weighted by molar-refractivity contribution is 7.17. The van der Waals surface area contributed by atoms with Gasteiger partial charge < -0.3 is 9.42 Å². The van der Waals surface area contributed by atoms with Gasteiger partial charge >= 0.3 is 0 Å². The molecule has 1 aliphatic rings. The summed E-state index contributed by atoms with van der Waals surface area (Å²) in [4.78, 5) is 24.1. The summed E-state index contributed by atoms with van der Waals surface area (Å²) in [6.45, 7) is 3.37. The number of carbonyl (C=O) groups excluding carboxylic acids is 1. The Labute approximate surface area is 186 Å². The number of aromatic nitrogens is 2. The molecule has 6 nitrogen and oxygen atoms in total. The largest absolute Gasteiger partial charge is 0.338 e. The van der Waals surface area contributed by atoms with Crippen molar-refractivity contribution >= 4 is 28.6 Å². The lowest BCUT2D eigenvalue weighted by molar-refractivity contribution is 0.0620. The van der Waals surface area contributed by atoms with Gasteiger partial charge in [-0.1, -0.05) is 23.4 Å². The van der Waals surface area contributed by atoms with Crippen LogP contribution in [0.2, 0.25) is 0 Å². The van der Waals surface area contributed by atoms with Gasteiger partial charge in [-0.25, -0.2) is 4.39 Å². The smallest absolute Gasteiger partial charge is 0.264 e. The van der Waals surface area contributed by atoms with Crippen LogP contribution in [0, 0.1) is 5.82 Å². The Morgan fingerprint density at radius 1 is 1.03 bits per heavy atom. The minimum absolute atomic E-state index is 0.0378. The summed E-state index contributed by atoms with van der Waals surface area (Å²) in [6, 6.07) is 14.0. The molecule has 9 heteroatoms. The predicted molar refractivity (Wildman–Crippen MR) is 119 cm³/mol. The van der Waals surface area contributed by atoms with E-state index in [1.54, 1.807) is 23.5 Å². The molecule has 0 unspecified atom stereocenters. The van der Waals surface area contributed by atoms with E-state index >= 15 is 0 Å². The quantitative estimate of drug-likeness (QED) is 0.440. The van der Waals surface area contributed by atoms with Crippen molar-refractivity contribution in [2.24, 2.45) is 0 Å². The van der Waals surface area contributed by atoms with E-state index in [0.29, 0.717) is 36.2 Å². The second-order valence-corrected chi connectivity index (χ2v) is 9.26. The van der Waals surface area contributed by atoms with Gasteiger partial charge in [-0.3, -0.25) is 9.69 Å². The summed E-state index contributed by atoms with van der Waals surface area (Å²) >= 11 is 3.02. The second kappa shape index (κ2) is 8.70. The van der Waals surface area contributed by atoms with Gasteiger partial charge in [-0.2, -0.15) is 4.98 Å². The molecule has 3 aromatic heterocycles. The molecule has 1 aromatic carbocycles. The van der Waals surface area contributed by atoms with Gasteiger partial charge in [0.05, 0.1) is 16.3 Å². The number of rotatable bonds is 5. The van der Waals surface area contributed by atoms with Gasteiger partial charge in [-0.05, 0) is 41.3 Å². The Morgan fingerprint density at radius 3 is 2.58 bits per heavy atom. The van der Waals surface area contributed by atoms with Crippen LogP contribution in [-0.4, -0.2) is 52.0 Å². The monoisotopic (exact) mass is 454 g/mol. The average Bonchev–Trinajstić information content (AvgIpc) is 3.56. The van der Waals surface area contributed by atoms with Crippen LogP contribution >= 0.6 is 22.7 Å². The molecule has 158 valence electrons.